The average Bonchev–Trinajstić information content (AvgIpc) is 2.48. The van der Waals surface area contributed by atoms with E-state index in [1.807, 2.05) is 14.0 Å². The van der Waals surface area contributed by atoms with Gasteiger partial charge in [-0.2, -0.15) is 12.6 Å². The van der Waals surface area contributed by atoms with Gasteiger partial charge in [-0.3, -0.25) is 4.79 Å². The van der Waals surface area contributed by atoms with Gasteiger partial charge < -0.3 is 9.64 Å². The van der Waals surface area contributed by atoms with Crippen molar-refractivity contribution in [2.24, 2.45) is 0 Å². The molecular formula is C9H17NO2S. The standard InChI is InChI=1S/C9H17NO2S/c1-6-8(4-5-12-6)10(3)9(11)7(2)13/h6-8,13H,4-5H2,1-3H3. The van der Waals surface area contributed by atoms with Gasteiger partial charge in [-0.15, -0.1) is 0 Å². The monoisotopic (exact) mass is 203 g/mol. The Labute approximate surface area is 84.8 Å². The quantitative estimate of drug-likeness (QED) is 0.677. The molecular weight excluding hydrogens is 186 g/mol. The summed E-state index contributed by atoms with van der Waals surface area (Å²) < 4.78 is 5.40. The number of hydrogen-bond donors (Lipinski definition) is 1. The van der Waals surface area contributed by atoms with Crippen molar-refractivity contribution in [2.45, 2.75) is 37.7 Å². The molecule has 1 heterocycles. The summed E-state index contributed by atoms with van der Waals surface area (Å²) in [6, 6.07) is 0.224. The van der Waals surface area contributed by atoms with Crippen LogP contribution in [0.3, 0.4) is 0 Å². The molecule has 0 spiro atoms. The van der Waals surface area contributed by atoms with Gasteiger partial charge in [-0.05, 0) is 20.3 Å². The van der Waals surface area contributed by atoms with Crippen LogP contribution in [-0.2, 0) is 9.53 Å². The van der Waals surface area contributed by atoms with Crippen LogP contribution >= 0.6 is 12.6 Å². The molecule has 1 saturated heterocycles. The van der Waals surface area contributed by atoms with Gasteiger partial charge in [0.15, 0.2) is 0 Å². The van der Waals surface area contributed by atoms with E-state index in [2.05, 4.69) is 12.6 Å². The molecule has 1 fully saturated rings. The highest BCUT2D eigenvalue weighted by Gasteiger charge is 2.31. The van der Waals surface area contributed by atoms with Crippen molar-refractivity contribution >= 4 is 18.5 Å². The maximum absolute atomic E-state index is 11.6. The Morgan fingerprint density at radius 2 is 2.31 bits per heavy atom. The lowest BCUT2D eigenvalue weighted by Crippen LogP contribution is -2.43. The number of amides is 1. The number of thiol groups is 1. The molecule has 0 aromatic heterocycles. The minimum atomic E-state index is -0.224. The molecule has 13 heavy (non-hydrogen) atoms. The molecule has 4 heteroatoms. The average molecular weight is 203 g/mol. The molecule has 0 aromatic carbocycles. The van der Waals surface area contributed by atoms with E-state index in [9.17, 15) is 4.79 Å². The van der Waals surface area contributed by atoms with Crippen LogP contribution in [0.5, 0.6) is 0 Å². The summed E-state index contributed by atoms with van der Waals surface area (Å²) >= 11 is 4.12. The van der Waals surface area contributed by atoms with E-state index in [0.717, 1.165) is 13.0 Å². The van der Waals surface area contributed by atoms with Gasteiger partial charge in [0.2, 0.25) is 5.91 Å². The minimum Gasteiger partial charge on any atom is -0.376 e. The summed E-state index contributed by atoms with van der Waals surface area (Å²) in [6.45, 7) is 4.55. The number of carbonyl (C=O) groups is 1. The second kappa shape index (κ2) is 4.33. The van der Waals surface area contributed by atoms with E-state index in [0.29, 0.717) is 0 Å². The third-order valence-electron chi connectivity index (χ3n) is 2.54. The van der Waals surface area contributed by atoms with Crippen LogP contribution < -0.4 is 0 Å². The van der Waals surface area contributed by atoms with Crippen LogP contribution in [0.15, 0.2) is 0 Å². The van der Waals surface area contributed by atoms with Crippen LogP contribution in [0.1, 0.15) is 20.3 Å². The molecule has 0 bridgehead atoms. The fourth-order valence-electron chi connectivity index (χ4n) is 1.69. The number of carbonyl (C=O) groups excluding carboxylic acids is 1. The maximum Gasteiger partial charge on any atom is 0.235 e. The minimum absolute atomic E-state index is 0.0747. The van der Waals surface area contributed by atoms with Gasteiger partial charge >= 0.3 is 0 Å². The Bertz CT molecular complexity index is 196. The Hall–Kier alpha value is -0.220. The lowest BCUT2D eigenvalue weighted by Gasteiger charge is -2.27. The SMILES string of the molecule is CC(S)C(=O)N(C)C1CCOC1C. The largest absolute Gasteiger partial charge is 0.376 e. The first-order valence-electron chi connectivity index (χ1n) is 4.60. The van der Waals surface area contributed by atoms with Crippen molar-refractivity contribution in [1.29, 1.82) is 0 Å². The summed E-state index contributed by atoms with van der Waals surface area (Å²) in [4.78, 5) is 13.3. The predicted octanol–water partition coefficient (Wildman–Crippen LogP) is 0.941. The number of rotatable bonds is 2. The summed E-state index contributed by atoms with van der Waals surface area (Å²) in [5.41, 5.74) is 0. The Balaban J connectivity index is 2.56. The lowest BCUT2D eigenvalue weighted by molar-refractivity contribution is -0.131. The van der Waals surface area contributed by atoms with Crippen LogP contribution in [0, 0.1) is 0 Å². The summed E-state index contributed by atoms with van der Waals surface area (Å²) in [5, 5.41) is -0.224. The number of nitrogens with zero attached hydrogens (tertiary/aromatic N) is 1. The molecule has 0 radical (unpaired) electrons. The second-order valence-electron chi connectivity index (χ2n) is 3.56. The highest BCUT2D eigenvalue weighted by atomic mass is 32.1. The highest BCUT2D eigenvalue weighted by molar-refractivity contribution is 7.81. The molecule has 1 aliphatic rings. The zero-order valence-electron chi connectivity index (χ0n) is 8.36. The van der Waals surface area contributed by atoms with E-state index < -0.39 is 0 Å². The second-order valence-corrected chi connectivity index (χ2v) is 4.33. The molecule has 1 amide bonds. The summed E-state index contributed by atoms with van der Waals surface area (Å²) in [7, 11) is 1.82. The molecule has 1 rings (SSSR count). The van der Waals surface area contributed by atoms with Gasteiger partial charge in [0.25, 0.3) is 0 Å². The molecule has 76 valence electrons. The first-order chi connectivity index (χ1) is 6.04. The molecule has 0 aliphatic carbocycles. The van der Waals surface area contributed by atoms with Crippen molar-refractivity contribution in [1.82, 2.24) is 4.90 Å². The van der Waals surface area contributed by atoms with Crippen molar-refractivity contribution in [3.8, 4) is 0 Å². The van der Waals surface area contributed by atoms with E-state index >= 15 is 0 Å². The third-order valence-corrected chi connectivity index (χ3v) is 2.76. The van der Waals surface area contributed by atoms with Crippen LogP contribution in [-0.4, -0.2) is 41.9 Å². The Morgan fingerprint density at radius 1 is 1.69 bits per heavy atom. The highest BCUT2D eigenvalue weighted by Crippen LogP contribution is 2.19. The van der Waals surface area contributed by atoms with Crippen LogP contribution in [0.25, 0.3) is 0 Å². The van der Waals surface area contributed by atoms with E-state index in [4.69, 9.17) is 4.74 Å². The maximum atomic E-state index is 11.6. The molecule has 3 nitrogen and oxygen atoms in total. The normalized spacial score (nSPS) is 30.2. The number of hydrogen-bond acceptors (Lipinski definition) is 3. The van der Waals surface area contributed by atoms with E-state index in [-0.39, 0.29) is 23.3 Å². The molecule has 1 aliphatic heterocycles. The van der Waals surface area contributed by atoms with Crippen molar-refractivity contribution in [3.05, 3.63) is 0 Å². The number of likely N-dealkylation sites (N-methyl/N-ethyl adjacent to an activating group) is 1. The first kappa shape index (κ1) is 10.9. The lowest BCUT2D eigenvalue weighted by atomic mass is 10.1. The van der Waals surface area contributed by atoms with Crippen molar-refractivity contribution in [3.63, 3.8) is 0 Å². The van der Waals surface area contributed by atoms with Crippen molar-refractivity contribution < 1.29 is 9.53 Å². The smallest absolute Gasteiger partial charge is 0.235 e. The fraction of sp³-hybridized carbons (Fsp3) is 0.889. The first-order valence-corrected chi connectivity index (χ1v) is 5.12. The van der Waals surface area contributed by atoms with E-state index in [1.54, 1.807) is 11.8 Å². The van der Waals surface area contributed by atoms with Gasteiger partial charge in [0, 0.05) is 13.7 Å². The van der Waals surface area contributed by atoms with Gasteiger partial charge in [0.05, 0.1) is 17.4 Å². The predicted molar refractivity (Wildman–Crippen MR) is 55.0 cm³/mol. The van der Waals surface area contributed by atoms with Gasteiger partial charge in [0.1, 0.15) is 0 Å². The molecule has 3 unspecified atom stereocenters. The molecule has 3 atom stereocenters. The number of ether oxygens (including phenoxy) is 1. The molecule has 0 N–H and O–H groups in total. The third kappa shape index (κ3) is 2.38. The van der Waals surface area contributed by atoms with Crippen molar-refractivity contribution in [2.75, 3.05) is 13.7 Å². The molecule has 0 aromatic rings. The summed E-state index contributed by atoms with van der Waals surface area (Å²) in [6.07, 6.45) is 1.09. The molecule has 0 saturated carbocycles. The fourth-order valence-corrected chi connectivity index (χ4v) is 1.87. The van der Waals surface area contributed by atoms with Gasteiger partial charge in [-0.1, -0.05) is 0 Å². The summed E-state index contributed by atoms with van der Waals surface area (Å²) in [5.74, 6) is 0.0747. The topological polar surface area (TPSA) is 29.5 Å². The van der Waals surface area contributed by atoms with Gasteiger partial charge in [-0.25, -0.2) is 0 Å². The Morgan fingerprint density at radius 3 is 2.69 bits per heavy atom. The zero-order valence-corrected chi connectivity index (χ0v) is 9.25. The Kier molecular flexibility index (Phi) is 3.62. The van der Waals surface area contributed by atoms with E-state index in [1.165, 1.54) is 0 Å². The van der Waals surface area contributed by atoms with Crippen LogP contribution in [0.2, 0.25) is 0 Å². The van der Waals surface area contributed by atoms with Crippen LogP contribution in [0.4, 0.5) is 0 Å². The zero-order chi connectivity index (χ0) is 10.0.